The zero-order chi connectivity index (χ0) is 8.60. The van der Waals surface area contributed by atoms with Gasteiger partial charge >= 0.3 is 5.97 Å². The van der Waals surface area contributed by atoms with Crippen molar-refractivity contribution < 1.29 is 14.3 Å². The van der Waals surface area contributed by atoms with E-state index in [1.807, 2.05) is 0 Å². The molecule has 0 bridgehead atoms. The first-order chi connectivity index (χ1) is 5.78. The fraction of sp³-hybridized carbons (Fsp3) is 0.875. The van der Waals surface area contributed by atoms with E-state index in [0.717, 1.165) is 19.6 Å². The lowest BCUT2D eigenvalue weighted by molar-refractivity contribution is -0.143. The van der Waals surface area contributed by atoms with Gasteiger partial charge in [-0.3, -0.25) is 4.79 Å². The van der Waals surface area contributed by atoms with E-state index in [4.69, 9.17) is 4.74 Å². The van der Waals surface area contributed by atoms with Crippen LogP contribution in [-0.2, 0) is 14.3 Å². The monoisotopic (exact) mass is 171 g/mol. The van der Waals surface area contributed by atoms with Crippen LogP contribution < -0.4 is 5.32 Å². The predicted octanol–water partition coefficient (Wildman–Crippen LogP) is -0.462. The van der Waals surface area contributed by atoms with E-state index in [1.165, 1.54) is 7.11 Å². The van der Waals surface area contributed by atoms with Crippen LogP contribution in [0, 0.1) is 5.92 Å². The van der Waals surface area contributed by atoms with Gasteiger partial charge in [-0.2, -0.15) is 0 Å². The largest absolute Gasteiger partial charge is 0.469 e. The summed E-state index contributed by atoms with van der Waals surface area (Å²) in [5.41, 5.74) is -0.0780. The van der Waals surface area contributed by atoms with Crippen molar-refractivity contribution in [3.8, 4) is 0 Å². The summed E-state index contributed by atoms with van der Waals surface area (Å²) in [5.74, 6) is -0.101. The standard InChI is InChI=1S/C8H13NO3/c1-11-7(10)6-4-8(6)5-12-3-2-9-8/h6,9H,2-5H2,1H3. The highest BCUT2D eigenvalue weighted by Gasteiger charge is 2.59. The van der Waals surface area contributed by atoms with Gasteiger partial charge in [0.05, 0.1) is 31.8 Å². The molecule has 0 radical (unpaired) electrons. The van der Waals surface area contributed by atoms with Crippen molar-refractivity contribution in [1.82, 2.24) is 5.32 Å². The molecule has 0 aromatic rings. The van der Waals surface area contributed by atoms with Gasteiger partial charge in [-0.15, -0.1) is 0 Å². The lowest BCUT2D eigenvalue weighted by atomic mass is 10.2. The molecule has 1 heterocycles. The molecular formula is C8H13NO3. The molecule has 2 rings (SSSR count). The minimum Gasteiger partial charge on any atom is -0.469 e. The molecule has 1 aliphatic carbocycles. The third-order valence-electron chi connectivity index (χ3n) is 2.64. The Kier molecular flexibility index (Phi) is 1.81. The molecule has 2 fully saturated rings. The first kappa shape index (κ1) is 8.01. The average Bonchev–Trinajstić information content (AvgIpc) is 2.80. The van der Waals surface area contributed by atoms with Crippen molar-refractivity contribution in [2.45, 2.75) is 12.0 Å². The van der Waals surface area contributed by atoms with Gasteiger partial charge in [0.15, 0.2) is 0 Å². The summed E-state index contributed by atoms with van der Waals surface area (Å²) in [7, 11) is 1.43. The smallest absolute Gasteiger partial charge is 0.310 e. The van der Waals surface area contributed by atoms with Crippen LogP contribution >= 0.6 is 0 Å². The molecule has 68 valence electrons. The molecule has 1 spiro atoms. The van der Waals surface area contributed by atoms with E-state index >= 15 is 0 Å². The van der Waals surface area contributed by atoms with Crippen LogP contribution in [0.15, 0.2) is 0 Å². The van der Waals surface area contributed by atoms with E-state index in [9.17, 15) is 4.79 Å². The van der Waals surface area contributed by atoms with E-state index in [0.29, 0.717) is 6.61 Å². The zero-order valence-corrected chi connectivity index (χ0v) is 7.13. The van der Waals surface area contributed by atoms with Crippen LogP contribution in [0.1, 0.15) is 6.42 Å². The number of carbonyl (C=O) groups is 1. The maximum atomic E-state index is 11.1. The topological polar surface area (TPSA) is 47.6 Å². The van der Waals surface area contributed by atoms with Gasteiger partial charge in [0.1, 0.15) is 0 Å². The molecule has 1 saturated heterocycles. The number of rotatable bonds is 1. The van der Waals surface area contributed by atoms with E-state index in [1.54, 1.807) is 0 Å². The van der Waals surface area contributed by atoms with Gasteiger partial charge in [-0.1, -0.05) is 0 Å². The van der Waals surface area contributed by atoms with Gasteiger partial charge < -0.3 is 14.8 Å². The van der Waals surface area contributed by atoms with Crippen LogP contribution in [-0.4, -0.2) is 38.4 Å². The Bertz CT molecular complexity index is 198. The summed E-state index contributed by atoms with van der Waals surface area (Å²) in [6, 6.07) is 0. The second-order valence-corrected chi connectivity index (χ2v) is 3.42. The maximum absolute atomic E-state index is 11.1. The number of nitrogens with one attached hydrogen (secondary N) is 1. The van der Waals surface area contributed by atoms with Crippen molar-refractivity contribution in [1.29, 1.82) is 0 Å². The third kappa shape index (κ3) is 1.11. The molecule has 2 unspecified atom stereocenters. The molecule has 4 nitrogen and oxygen atoms in total. The number of ether oxygens (including phenoxy) is 2. The Morgan fingerprint density at radius 2 is 2.58 bits per heavy atom. The molecule has 2 aliphatic rings. The van der Waals surface area contributed by atoms with Crippen molar-refractivity contribution in [3.05, 3.63) is 0 Å². The van der Waals surface area contributed by atoms with Crippen LogP contribution in [0.3, 0.4) is 0 Å². The molecular weight excluding hydrogens is 158 g/mol. The predicted molar refractivity (Wildman–Crippen MR) is 41.7 cm³/mol. The number of esters is 1. The van der Waals surface area contributed by atoms with Crippen molar-refractivity contribution in [3.63, 3.8) is 0 Å². The van der Waals surface area contributed by atoms with Crippen molar-refractivity contribution in [2.24, 2.45) is 5.92 Å². The van der Waals surface area contributed by atoms with Crippen molar-refractivity contribution in [2.75, 3.05) is 26.9 Å². The quantitative estimate of drug-likeness (QED) is 0.542. The second-order valence-electron chi connectivity index (χ2n) is 3.42. The Morgan fingerprint density at radius 3 is 3.17 bits per heavy atom. The number of hydrogen-bond acceptors (Lipinski definition) is 4. The van der Waals surface area contributed by atoms with E-state index in [-0.39, 0.29) is 17.4 Å². The maximum Gasteiger partial charge on any atom is 0.310 e. The highest BCUT2D eigenvalue weighted by molar-refractivity contribution is 5.78. The number of hydrogen-bond donors (Lipinski definition) is 1. The summed E-state index contributed by atoms with van der Waals surface area (Å²) < 4.78 is 9.97. The highest BCUT2D eigenvalue weighted by atomic mass is 16.5. The minimum absolute atomic E-state index is 0.0165. The summed E-state index contributed by atoms with van der Waals surface area (Å²) in [6.45, 7) is 2.23. The lowest BCUT2D eigenvalue weighted by Crippen LogP contribution is -2.46. The fourth-order valence-corrected chi connectivity index (χ4v) is 1.79. The summed E-state index contributed by atoms with van der Waals surface area (Å²) in [4.78, 5) is 11.1. The minimum atomic E-state index is -0.118. The fourth-order valence-electron chi connectivity index (χ4n) is 1.79. The van der Waals surface area contributed by atoms with Gasteiger partial charge in [0.25, 0.3) is 0 Å². The molecule has 0 aromatic heterocycles. The van der Waals surface area contributed by atoms with E-state index in [2.05, 4.69) is 10.1 Å². The van der Waals surface area contributed by atoms with E-state index < -0.39 is 0 Å². The SMILES string of the molecule is COC(=O)C1CC12COCCN2. The second kappa shape index (κ2) is 2.71. The molecule has 2 atom stereocenters. The number of carbonyl (C=O) groups excluding carboxylic acids is 1. The first-order valence-electron chi connectivity index (χ1n) is 4.19. The Morgan fingerprint density at radius 1 is 1.75 bits per heavy atom. The zero-order valence-electron chi connectivity index (χ0n) is 7.13. The summed E-state index contributed by atoms with van der Waals surface area (Å²) >= 11 is 0. The average molecular weight is 171 g/mol. The Labute approximate surface area is 71.2 Å². The third-order valence-corrected chi connectivity index (χ3v) is 2.64. The van der Waals surface area contributed by atoms with Crippen LogP contribution in [0.5, 0.6) is 0 Å². The van der Waals surface area contributed by atoms with Crippen LogP contribution in [0.25, 0.3) is 0 Å². The van der Waals surface area contributed by atoms with Gasteiger partial charge in [-0.25, -0.2) is 0 Å². The van der Waals surface area contributed by atoms with Gasteiger partial charge in [0.2, 0.25) is 0 Å². The Hall–Kier alpha value is -0.610. The molecule has 0 amide bonds. The van der Waals surface area contributed by atoms with Gasteiger partial charge in [0, 0.05) is 6.54 Å². The normalized spacial score (nSPS) is 39.6. The molecule has 1 aliphatic heterocycles. The lowest BCUT2D eigenvalue weighted by Gasteiger charge is -2.24. The van der Waals surface area contributed by atoms with Crippen LogP contribution in [0.2, 0.25) is 0 Å². The molecule has 4 heteroatoms. The first-order valence-corrected chi connectivity index (χ1v) is 4.19. The molecule has 1 saturated carbocycles. The summed E-state index contributed by atoms with van der Waals surface area (Å²) in [5, 5.41) is 3.31. The highest BCUT2D eigenvalue weighted by Crippen LogP contribution is 2.45. The van der Waals surface area contributed by atoms with Crippen LogP contribution in [0.4, 0.5) is 0 Å². The molecule has 0 aromatic carbocycles. The summed E-state index contributed by atoms with van der Waals surface area (Å²) in [6.07, 6.45) is 0.861. The Balaban J connectivity index is 1.95. The molecule has 12 heavy (non-hydrogen) atoms. The van der Waals surface area contributed by atoms with Crippen molar-refractivity contribution >= 4 is 5.97 Å². The number of methoxy groups -OCH3 is 1. The molecule has 1 N–H and O–H groups in total. The van der Waals surface area contributed by atoms with Gasteiger partial charge in [-0.05, 0) is 6.42 Å². The number of morpholine rings is 1.